The summed E-state index contributed by atoms with van der Waals surface area (Å²) in [7, 11) is 1.68. The Bertz CT molecular complexity index is 366. The molecular weight excluding hydrogens is 280 g/mol. The van der Waals surface area contributed by atoms with Crippen LogP contribution in [0.2, 0.25) is 0 Å². The van der Waals surface area contributed by atoms with E-state index in [0.717, 1.165) is 35.9 Å². The van der Waals surface area contributed by atoms with Crippen LogP contribution in [0.1, 0.15) is 18.4 Å². The van der Waals surface area contributed by atoms with Gasteiger partial charge in [-0.3, -0.25) is 0 Å². The molecule has 3 nitrogen and oxygen atoms in total. The molecule has 0 unspecified atom stereocenters. The van der Waals surface area contributed by atoms with Crippen LogP contribution in [-0.2, 0) is 6.54 Å². The summed E-state index contributed by atoms with van der Waals surface area (Å²) in [4.78, 5) is 0. The summed E-state index contributed by atoms with van der Waals surface area (Å²) in [6, 6.07) is 6.97. The van der Waals surface area contributed by atoms with Crippen LogP contribution in [0.25, 0.3) is 0 Å². The largest absolute Gasteiger partial charge is 0.496 e. The van der Waals surface area contributed by atoms with Crippen LogP contribution < -0.4 is 15.4 Å². The van der Waals surface area contributed by atoms with Crippen LogP contribution in [0.4, 0.5) is 0 Å². The van der Waals surface area contributed by atoms with Crippen molar-refractivity contribution in [1.82, 2.24) is 10.6 Å². The third-order valence-corrected chi connectivity index (χ3v) is 3.48. The van der Waals surface area contributed by atoms with E-state index in [-0.39, 0.29) is 0 Å². The molecule has 1 aromatic carbocycles. The maximum Gasteiger partial charge on any atom is 0.133 e. The molecule has 4 heteroatoms. The zero-order valence-electron chi connectivity index (χ0n) is 10.1. The number of hydrogen-bond donors (Lipinski definition) is 2. The summed E-state index contributed by atoms with van der Waals surface area (Å²) in [5, 5.41) is 6.91. The Morgan fingerprint density at radius 1 is 1.35 bits per heavy atom. The summed E-state index contributed by atoms with van der Waals surface area (Å²) >= 11 is 3.49. The van der Waals surface area contributed by atoms with Gasteiger partial charge in [-0.15, -0.1) is 0 Å². The van der Waals surface area contributed by atoms with E-state index in [1.54, 1.807) is 7.11 Å². The third-order valence-electron chi connectivity index (χ3n) is 2.86. The summed E-state index contributed by atoms with van der Waals surface area (Å²) < 4.78 is 6.21. The lowest BCUT2D eigenvalue weighted by Gasteiger charge is -2.08. The highest BCUT2D eigenvalue weighted by atomic mass is 79.9. The molecule has 17 heavy (non-hydrogen) atoms. The molecule has 0 amide bonds. The molecule has 1 fully saturated rings. The van der Waals surface area contributed by atoms with Crippen molar-refractivity contribution < 1.29 is 4.74 Å². The van der Waals surface area contributed by atoms with Crippen molar-refractivity contribution in [2.45, 2.75) is 25.4 Å². The van der Waals surface area contributed by atoms with E-state index in [0.29, 0.717) is 0 Å². The first kappa shape index (κ1) is 12.9. The first-order valence-electron chi connectivity index (χ1n) is 6.06. The van der Waals surface area contributed by atoms with Gasteiger partial charge in [-0.1, -0.05) is 6.07 Å². The highest BCUT2D eigenvalue weighted by Crippen LogP contribution is 2.25. The average Bonchev–Trinajstić information content (AvgIpc) is 3.13. The molecule has 2 rings (SSSR count). The number of rotatable bonds is 7. The Labute approximate surface area is 111 Å². The van der Waals surface area contributed by atoms with Crippen molar-refractivity contribution in [3.05, 3.63) is 28.2 Å². The number of nitrogens with one attached hydrogen (secondary N) is 2. The van der Waals surface area contributed by atoms with Gasteiger partial charge < -0.3 is 15.4 Å². The number of halogens is 1. The second kappa shape index (κ2) is 6.38. The average molecular weight is 299 g/mol. The first-order valence-corrected chi connectivity index (χ1v) is 6.85. The molecule has 2 N–H and O–H groups in total. The molecule has 1 aliphatic rings. The predicted octanol–water partition coefficient (Wildman–Crippen LogP) is 2.30. The number of ether oxygens (including phenoxy) is 1. The van der Waals surface area contributed by atoms with Crippen molar-refractivity contribution >= 4 is 15.9 Å². The molecule has 0 spiro atoms. The van der Waals surface area contributed by atoms with Crippen LogP contribution in [-0.4, -0.2) is 26.2 Å². The summed E-state index contributed by atoms with van der Waals surface area (Å²) in [6.45, 7) is 2.97. The standard InChI is InChI=1S/C13H19BrN2O/c1-17-13-5-2-10(8-12(13)14)9-15-6-7-16-11-3-4-11/h2,5,8,11,15-16H,3-4,6-7,9H2,1H3. The van der Waals surface area contributed by atoms with Gasteiger partial charge >= 0.3 is 0 Å². The van der Waals surface area contributed by atoms with E-state index in [1.165, 1.54) is 18.4 Å². The normalized spacial score (nSPS) is 14.9. The lowest BCUT2D eigenvalue weighted by atomic mass is 10.2. The first-order chi connectivity index (χ1) is 8.29. The van der Waals surface area contributed by atoms with Gasteiger partial charge in [0, 0.05) is 25.7 Å². The summed E-state index contributed by atoms with van der Waals surface area (Å²) in [5.41, 5.74) is 1.27. The molecule has 94 valence electrons. The molecule has 0 heterocycles. The maximum atomic E-state index is 5.20. The van der Waals surface area contributed by atoms with Gasteiger partial charge in [0.15, 0.2) is 0 Å². The van der Waals surface area contributed by atoms with Gasteiger partial charge in [0.25, 0.3) is 0 Å². The fourth-order valence-electron chi connectivity index (χ4n) is 1.70. The topological polar surface area (TPSA) is 33.3 Å². The molecular formula is C13H19BrN2O. The molecule has 0 bridgehead atoms. The highest BCUT2D eigenvalue weighted by molar-refractivity contribution is 9.10. The van der Waals surface area contributed by atoms with Crippen molar-refractivity contribution in [1.29, 1.82) is 0 Å². The summed E-state index contributed by atoms with van der Waals surface area (Å²) in [5.74, 6) is 0.879. The third kappa shape index (κ3) is 4.30. The molecule has 0 radical (unpaired) electrons. The van der Waals surface area contributed by atoms with Crippen LogP contribution in [0.5, 0.6) is 5.75 Å². The maximum absolute atomic E-state index is 5.20. The molecule has 1 saturated carbocycles. The van der Waals surface area contributed by atoms with E-state index in [4.69, 9.17) is 4.74 Å². The van der Waals surface area contributed by atoms with E-state index < -0.39 is 0 Å². The SMILES string of the molecule is COc1ccc(CNCCNC2CC2)cc1Br. The lowest BCUT2D eigenvalue weighted by Crippen LogP contribution is -2.28. The second-order valence-electron chi connectivity index (χ2n) is 4.37. The molecule has 1 aliphatic carbocycles. The molecule has 0 aliphatic heterocycles. The smallest absolute Gasteiger partial charge is 0.133 e. The lowest BCUT2D eigenvalue weighted by molar-refractivity contribution is 0.412. The number of methoxy groups -OCH3 is 1. The predicted molar refractivity (Wildman–Crippen MR) is 73.4 cm³/mol. The van der Waals surface area contributed by atoms with Gasteiger partial charge in [0.05, 0.1) is 11.6 Å². The minimum Gasteiger partial charge on any atom is -0.496 e. The minimum atomic E-state index is 0.798. The van der Waals surface area contributed by atoms with Crippen LogP contribution >= 0.6 is 15.9 Å². The number of hydrogen-bond acceptors (Lipinski definition) is 3. The Kier molecular flexibility index (Phi) is 4.83. The highest BCUT2D eigenvalue weighted by Gasteiger charge is 2.19. The summed E-state index contributed by atoms with van der Waals surface area (Å²) in [6.07, 6.45) is 2.71. The van der Waals surface area contributed by atoms with E-state index in [9.17, 15) is 0 Å². The van der Waals surface area contributed by atoms with E-state index in [1.807, 2.05) is 6.07 Å². The zero-order chi connectivity index (χ0) is 12.1. The van der Waals surface area contributed by atoms with Gasteiger partial charge in [-0.2, -0.15) is 0 Å². The number of benzene rings is 1. The van der Waals surface area contributed by atoms with Crippen molar-refractivity contribution in [2.24, 2.45) is 0 Å². The molecule has 0 aromatic heterocycles. The van der Waals surface area contributed by atoms with Crippen molar-refractivity contribution in [2.75, 3.05) is 20.2 Å². The van der Waals surface area contributed by atoms with E-state index in [2.05, 4.69) is 38.7 Å². The monoisotopic (exact) mass is 298 g/mol. The Balaban J connectivity index is 1.68. The fourth-order valence-corrected chi connectivity index (χ4v) is 2.29. The molecule has 1 aromatic rings. The fraction of sp³-hybridized carbons (Fsp3) is 0.538. The second-order valence-corrected chi connectivity index (χ2v) is 5.23. The van der Waals surface area contributed by atoms with Gasteiger partial charge in [0.1, 0.15) is 5.75 Å². The van der Waals surface area contributed by atoms with Gasteiger partial charge in [0.2, 0.25) is 0 Å². The van der Waals surface area contributed by atoms with Crippen molar-refractivity contribution in [3.8, 4) is 5.75 Å². The molecule has 0 atom stereocenters. The van der Waals surface area contributed by atoms with E-state index >= 15 is 0 Å². The zero-order valence-corrected chi connectivity index (χ0v) is 11.7. The Morgan fingerprint density at radius 3 is 2.82 bits per heavy atom. The Morgan fingerprint density at radius 2 is 2.18 bits per heavy atom. The van der Waals surface area contributed by atoms with Crippen LogP contribution in [0, 0.1) is 0 Å². The minimum absolute atomic E-state index is 0.798. The Hall–Kier alpha value is -0.580. The quantitative estimate of drug-likeness (QED) is 0.758. The van der Waals surface area contributed by atoms with Crippen LogP contribution in [0.3, 0.4) is 0 Å². The molecule has 0 saturated heterocycles. The van der Waals surface area contributed by atoms with Crippen molar-refractivity contribution in [3.63, 3.8) is 0 Å². The van der Waals surface area contributed by atoms with Gasteiger partial charge in [-0.05, 0) is 46.5 Å². The van der Waals surface area contributed by atoms with Crippen LogP contribution in [0.15, 0.2) is 22.7 Å². The van der Waals surface area contributed by atoms with Gasteiger partial charge in [-0.25, -0.2) is 0 Å².